The SMILES string of the molecule is CCOc1cc(/C=C/C(=O)c2ccc(SC)c(OC)c2)ccc1O. The molecule has 5 heteroatoms. The number of aromatic hydroxyl groups is 1. The molecule has 0 atom stereocenters. The Morgan fingerprint density at radius 1 is 1.21 bits per heavy atom. The maximum atomic E-state index is 12.3. The Labute approximate surface area is 146 Å². The predicted molar refractivity (Wildman–Crippen MR) is 97.4 cm³/mol. The number of allylic oxidation sites excluding steroid dienone is 1. The van der Waals surface area contributed by atoms with Crippen LogP contribution < -0.4 is 9.47 Å². The highest BCUT2D eigenvalue weighted by molar-refractivity contribution is 7.98. The van der Waals surface area contributed by atoms with Crippen LogP contribution in [0.5, 0.6) is 17.2 Å². The second-order valence-corrected chi connectivity index (χ2v) is 5.78. The summed E-state index contributed by atoms with van der Waals surface area (Å²) in [7, 11) is 1.59. The fraction of sp³-hybridized carbons (Fsp3) is 0.211. The number of ketones is 1. The van der Waals surface area contributed by atoms with E-state index in [2.05, 4.69) is 0 Å². The number of carbonyl (C=O) groups excluding carboxylic acids is 1. The first kappa shape index (κ1) is 17.9. The fourth-order valence-corrected chi connectivity index (χ4v) is 2.71. The molecule has 0 spiro atoms. The Morgan fingerprint density at radius 3 is 2.67 bits per heavy atom. The summed E-state index contributed by atoms with van der Waals surface area (Å²) in [6.45, 7) is 2.30. The molecular weight excluding hydrogens is 324 g/mol. The van der Waals surface area contributed by atoms with Crippen molar-refractivity contribution in [2.45, 2.75) is 11.8 Å². The van der Waals surface area contributed by atoms with Crippen LogP contribution in [0.25, 0.3) is 6.08 Å². The van der Waals surface area contributed by atoms with Gasteiger partial charge in [0, 0.05) is 10.5 Å². The average molecular weight is 344 g/mol. The molecule has 0 bridgehead atoms. The standard InChI is InChI=1S/C19H20O4S/c1-4-23-17-11-13(6-9-16(17)21)5-8-15(20)14-7-10-19(24-3)18(12-14)22-2/h5-12,21H,4H2,1-3H3/b8-5+. The van der Waals surface area contributed by atoms with E-state index in [1.807, 2.05) is 19.2 Å². The van der Waals surface area contributed by atoms with Crippen molar-refractivity contribution in [3.63, 3.8) is 0 Å². The monoisotopic (exact) mass is 344 g/mol. The minimum atomic E-state index is -0.119. The molecule has 0 aliphatic carbocycles. The molecule has 0 amide bonds. The number of thioether (sulfide) groups is 1. The molecule has 0 saturated carbocycles. The van der Waals surface area contributed by atoms with E-state index in [-0.39, 0.29) is 11.5 Å². The quantitative estimate of drug-likeness (QED) is 0.458. The second-order valence-electron chi connectivity index (χ2n) is 4.93. The third kappa shape index (κ3) is 4.32. The van der Waals surface area contributed by atoms with Gasteiger partial charge in [-0.15, -0.1) is 11.8 Å². The van der Waals surface area contributed by atoms with E-state index in [0.717, 1.165) is 10.5 Å². The van der Waals surface area contributed by atoms with Gasteiger partial charge in [-0.05, 0) is 55.2 Å². The van der Waals surface area contributed by atoms with Gasteiger partial charge in [-0.2, -0.15) is 0 Å². The molecule has 0 aliphatic heterocycles. The Kier molecular flexibility index (Phi) is 6.32. The van der Waals surface area contributed by atoms with Crippen molar-refractivity contribution in [3.05, 3.63) is 53.6 Å². The van der Waals surface area contributed by atoms with Crippen molar-refractivity contribution in [2.75, 3.05) is 20.0 Å². The van der Waals surface area contributed by atoms with E-state index < -0.39 is 0 Å². The smallest absolute Gasteiger partial charge is 0.185 e. The zero-order valence-corrected chi connectivity index (χ0v) is 14.7. The third-order valence-corrected chi connectivity index (χ3v) is 4.16. The van der Waals surface area contributed by atoms with Crippen molar-refractivity contribution in [2.24, 2.45) is 0 Å². The zero-order valence-electron chi connectivity index (χ0n) is 13.9. The summed E-state index contributed by atoms with van der Waals surface area (Å²) in [5, 5.41) is 9.70. The fourth-order valence-electron chi connectivity index (χ4n) is 2.16. The number of carbonyl (C=O) groups is 1. The molecule has 2 rings (SSSR count). The number of phenolic OH excluding ortho intramolecular Hbond substituents is 1. The molecule has 0 unspecified atom stereocenters. The van der Waals surface area contributed by atoms with E-state index in [0.29, 0.717) is 23.7 Å². The first-order chi connectivity index (χ1) is 11.6. The molecule has 126 valence electrons. The maximum Gasteiger partial charge on any atom is 0.185 e. The predicted octanol–water partition coefficient (Wildman–Crippen LogP) is 4.42. The van der Waals surface area contributed by atoms with Gasteiger partial charge in [0.2, 0.25) is 0 Å². The van der Waals surface area contributed by atoms with E-state index in [9.17, 15) is 9.90 Å². The van der Waals surface area contributed by atoms with Crippen molar-refractivity contribution >= 4 is 23.6 Å². The van der Waals surface area contributed by atoms with Gasteiger partial charge in [0.1, 0.15) is 5.75 Å². The molecule has 0 saturated heterocycles. The van der Waals surface area contributed by atoms with Gasteiger partial charge in [0.15, 0.2) is 17.3 Å². The minimum Gasteiger partial charge on any atom is -0.504 e. The van der Waals surface area contributed by atoms with Crippen molar-refractivity contribution < 1.29 is 19.4 Å². The number of hydrogen-bond acceptors (Lipinski definition) is 5. The molecule has 4 nitrogen and oxygen atoms in total. The number of benzene rings is 2. The topological polar surface area (TPSA) is 55.8 Å². The lowest BCUT2D eigenvalue weighted by atomic mass is 10.1. The summed E-state index contributed by atoms with van der Waals surface area (Å²) in [6.07, 6.45) is 5.15. The lowest BCUT2D eigenvalue weighted by Crippen LogP contribution is -1.96. The molecule has 0 aliphatic rings. The molecular formula is C19H20O4S. The molecule has 0 heterocycles. The Bertz CT molecular complexity index is 753. The van der Waals surface area contributed by atoms with Crippen LogP contribution in [-0.4, -0.2) is 30.9 Å². The lowest BCUT2D eigenvalue weighted by Gasteiger charge is -2.07. The largest absolute Gasteiger partial charge is 0.504 e. The van der Waals surface area contributed by atoms with Gasteiger partial charge in [-0.1, -0.05) is 12.1 Å². The van der Waals surface area contributed by atoms with Gasteiger partial charge in [-0.3, -0.25) is 4.79 Å². The number of methoxy groups -OCH3 is 1. The van der Waals surface area contributed by atoms with Crippen LogP contribution in [0.2, 0.25) is 0 Å². The highest BCUT2D eigenvalue weighted by atomic mass is 32.2. The highest BCUT2D eigenvalue weighted by Gasteiger charge is 2.08. The molecule has 1 N–H and O–H groups in total. The normalized spacial score (nSPS) is 10.8. The van der Waals surface area contributed by atoms with Gasteiger partial charge in [0.05, 0.1) is 13.7 Å². The van der Waals surface area contributed by atoms with Gasteiger partial charge >= 0.3 is 0 Å². The number of hydrogen-bond donors (Lipinski definition) is 1. The van der Waals surface area contributed by atoms with Crippen molar-refractivity contribution in [1.82, 2.24) is 0 Å². The molecule has 0 aromatic heterocycles. The van der Waals surface area contributed by atoms with Crippen molar-refractivity contribution in [1.29, 1.82) is 0 Å². The Balaban J connectivity index is 2.20. The van der Waals surface area contributed by atoms with Crippen molar-refractivity contribution in [3.8, 4) is 17.2 Å². The van der Waals surface area contributed by atoms with E-state index in [1.54, 1.807) is 55.3 Å². The molecule has 2 aromatic rings. The maximum absolute atomic E-state index is 12.3. The Morgan fingerprint density at radius 2 is 2.00 bits per heavy atom. The van der Waals surface area contributed by atoms with Crippen LogP contribution in [0, 0.1) is 0 Å². The van der Waals surface area contributed by atoms with Crippen LogP contribution in [0.15, 0.2) is 47.4 Å². The van der Waals surface area contributed by atoms with E-state index >= 15 is 0 Å². The van der Waals surface area contributed by atoms with E-state index in [1.165, 1.54) is 6.08 Å². The average Bonchev–Trinajstić information content (AvgIpc) is 2.61. The second kappa shape index (κ2) is 8.45. The number of ether oxygens (including phenoxy) is 2. The Hall–Kier alpha value is -2.40. The lowest BCUT2D eigenvalue weighted by molar-refractivity contribution is 0.104. The molecule has 0 radical (unpaired) electrons. The number of rotatable bonds is 7. The van der Waals surface area contributed by atoms with Crippen LogP contribution in [0.1, 0.15) is 22.8 Å². The summed E-state index contributed by atoms with van der Waals surface area (Å²) in [6, 6.07) is 10.4. The summed E-state index contributed by atoms with van der Waals surface area (Å²) in [5.41, 5.74) is 1.34. The molecule has 24 heavy (non-hydrogen) atoms. The summed E-state index contributed by atoms with van der Waals surface area (Å²) >= 11 is 1.57. The molecule has 2 aromatic carbocycles. The van der Waals surface area contributed by atoms with E-state index in [4.69, 9.17) is 9.47 Å². The first-order valence-corrected chi connectivity index (χ1v) is 8.71. The zero-order chi connectivity index (χ0) is 17.5. The third-order valence-electron chi connectivity index (χ3n) is 3.38. The van der Waals surface area contributed by atoms with Crippen LogP contribution in [0.4, 0.5) is 0 Å². The summed E-state index contributed by atoms with van der Waals surface area (Å²) < 4.78 is 10.6. The van der Waals surface area contributed by atoms with Gasteiger partial charge < -0.3 is 14.6 Å². The van der Waals surface area contributed by atoms with Crippen LogP contribution in [-0.2, 0) is 0 Å². The van der Waals surface area contributed by atoms with Crippen LogP contribution in [0.3, 0.4) is 0 Å². The number of phenols is 1. The summed E-state index contributed by atoms with van der Waals surface area (Å²) in [5.74, 6) is 1.05. The van der Waals surface area contributed by atoms with Gasteiger partial charge in [-0.25, -0.2) is 0 Å². The molecule has 0 fully saturated rings. The highest BCUT2D eigenvalue weighted by Crippen LogP contribution is 2.29. The minimum absolute atomic E-state index is 0.0812. The first-order valence-electron chi connectivity index (χ1n) is 7.49. The van der Waals surface area contributed by atoms with Gasteiger partial charge in [0.25, 0.3) is 0 Å². The summed E-state index contributed by atoms with van der Waals surface area (Å²) in [4.78, 5) is 13.3. The van der Waals surface area contributed by atoms with Crippen LogP contribution >= 0.6 is 11.8 Å².